The van der Waals surface area contributed by atoms with Crippen LogP contribution in [0.25, 0.3) is 0 Å². The van der Waals surface area contributed by atoms with Gasteiger partial charge in [-0.3, -0.25) is 9.59 Å². The van der Waals surface area contributed by atoms with E-state index in [2.05, 4.69) is 5.32 Å². The highest BCUT2D eigenvalue weighted by Crippen LogP contribution is 2.60. The highest BCUT2D eigenvalue weighted by atomic mass is 35.5. The van der Waals surface area contributed by atoms with Crippen LogP contribution in [0, 0.1) is 23.2 Å². The van der Waals surface area contributed by atoms with E-state index in [4.69, 9.17) is 17.3 Å². The van der Waals surface area contributed by atoms with Gasteiger partial charge in [0.25, 0.3) is 0 Å². The zero-order valence-corrected chi connectivity index (χ0v) is 15.6. The molecule has 5 aliphatic carbocycles. The second-order valence-electron chi connectivity index (χ2n) is 9.20. The Morgan fingerprint density at radius 3 is 2.19 bits per heavy atom. The average molecular weight is 373 g/mol. The lowest BCUT2D eigenvalue weighted by Crippen LogP contribution is -2.62. The van der Waals surface area contributed by atoms with E-state index in [-0.39, 0.29) is 28.7 Å². The topological polar surface area (TPSA) is 72.2 Å². The summed E-state index contributed by atoms with van der Waals surface area (Å²) in [5.74, 6) is 1.45. The molecule has 4 bridgehead atoms. The summed E-state index contributed by atoms with van der Waals surface area (Å²) in [6, 6.07) is 7.89. The maximum atomic E-state index is 13.2. The van der Waals surface area contributed by atoms with Crippen molar-refractivity contribution < 1.29 is 9.59 Å². The second kappa shape index (κ2) is 5.48. The molecular weight excluding hydrogens is 348 g/mol. The molecule has 2 atom stereocenters. The van der Waals surface area contributed by atoms with Crippen molar-refractivity contribution >= 4 is 23.4 Å². The zero-order valence-electron chi connectivity index (χ0n) is 14.8. The SMILES string of the molecule is NC(=O)C12CC3CC(C1)C(NC(=O)C1(c4ccc(Cl)cc4)CC1)C(C3)C2. The van der Waals surface area contributed by atoms with Crippen molar-refractivity contribution in [2.24, 2.45) is 28.9 Å². The fourth-order valence-electron chi connectivity index (χ4n) is 6.39. The Labute approximate surface area is 158 Å². The summed E-state index contributed by atoms with van der Waals surface area (Å²) in [7, 11) is 0. The van der Waals surface area contributed by atoms with Gasteiger partial charge in [0.2, 0.25) is 11.8 Å². The molecule has 138 valence electrons. The van der Waals surface area contributed by atoms with Crippen LogP contribution < -0.4 is 11.1 Å². The monoisotopic (exact) mass is 372 g/mol. The first-order valence-corrected chi connectivity index (χ1v) is 10.2. The molecule has 5 heteroatoms. The third-order valence-corrected chi connectivity index (χ3v) is 7.93. The maximum Gasteiger partial charge on any atom is 0.230 e. The van der Waals surface area contributed by atoms with Crippen LogP contribution in [0.1, 0.15) is 50.5 Å². The third kappa shape index (κ3) is 2.34. The number of rotatable bonds is 4. The molecular formula is C21H25ClN2O2. The van der Waals surface area contributed by atoms with Crippen LogP contribution >= 0.6 is 11.6 Å². The van der Waals surface area contributed by atoms with E-state index in [1.807, 2.05) is 24.3 Å². The first kappa shape index (κ1) is 16.6. The van der Waals surface area contributed by atoms with Gasteiger partial charge >= 0.3 is 0 Å². The summed E-state index contributed by atoms with van der Waals surface area (Å²) in [6.45, 7) is 0. The summed E-state index contributed by atoms with van der Waals surface area (Å²) >= 11 is 6.00. The van der Waals surface area contributed by atoms with Crippen molar-refractivity contribution in [2.45, 2.75) is 56.4 Å². The van der Waals surface area contributed by atoms with Crippen LogP contribution in [0.4, 0.5) is 0 Å². The van der Waals surface area contributed by atoms with E-state index in [1.54, 1.807) is 0 Å². The van der Waals surface area contributed by atoms with Crippen LogP contribution in [0.15, 0.2) is 24.3 Å². The number of primary amides is 1. The quantitative estimate of drug-likeness (QED) is 0.852. The fraction of sp³-hybridized carbons (Fsp3) is 0.619. The van der Waals surface area contributed by atoms with Gasteiger partial charge in [0.1, 0.15) is 0 Å². The van der Waals surface area contributed by atoms with Crippen molar-refractivity contribution in [1.29, 1.82) is 0 Å². The second-order valence-corrected chi connectivity index (χ2v) is 9.64. The minimum absolute atomic E-state index is 0.124. The minimum atomic E-state index is -0.374. The summed E-state index contributed by atoms with van der Waals surface area (Å²) in [6.07, 6.45) is 6.73. The molecule has 0 aliphatic heterocycles. The standard InChI is InChI=1S/C21H25ClN2O2/c22-16-3-1-15(2-4-16)21(5-6-21)19(26)24-17-13-7-12-8-14(17)11-20(9-12,10-13)18(23)25/h1-4,12-14,17H,5-11H2,(H2,23,25)(H,24,26). The van der Waals surface area contributed by atoms with E-state index in [0.717, 1.165) is 50.5 Å². The van der Waals surface area contributed by atoms with E-state index in [9.17, 15) is 9.59 Å². The van der Waals surface area contributed by atoms with Gasteiger partial charge in [-0.1, -0.05) is 23.7 Å². The van der Waals surface area contributed by atoms with Crippen LogP contribution in [0.2, 0.25) is 5.02 Å². The van der Waals surface area contributed by atoms with E-state index in [1.165, 1.54) is 0 Å². The smallest absolute Gasteiger partial charge is 0.230 e. The fourth-order valence-corrected chi connectivity index (χ4v) is 6.52. The predicted octanol–water partition coefficient (Wildman–Crippen LogP) is 3.17. The Bertz CT molecular complexity index is 755. The molecule has 1 aromatic rings. The van der Waals surface area contributed by atoms with E-state index in [0.29, 0.717) is 22.8 Å². The molecule has 5 fully saturated rings. The molecule has 5 saturated carbocycles. The highest BCUT2D eigenvalue weighted by molar-refractivity contribution is 6.30. The Balaban J connectivity index is 1.35. The number of nitrogens with one attached hydrogen (secondary N) is 1. The zero-order chi connectivity index (χ0) is 18.1. The Morgan fingerprint density at radius 2 is 1.65 bits per heavy atom. The molecule has 2 unspecified atom stereocenters. The lowest BCUT2D eigenvalue weighted by Gasteiger charge is -2.59. The van der Waals surface area contributed by atoms with E-state index >= 15 is 0 Å². The Morgan fingerprint density at radius 1 is 1.04 bits per heavy atom. The van der Waals surface area contributed by atoms with Gasteiger partial charge in [-0.05, 0) is 80.4 Å². The normalized spacial score (nSPS) is 38.8. The van der Waals surface area contributed by atoms with Gasteiger partial charge in [-0.2, -0.15) is 0 Å². The molecule has 5 aliphatic rings. The third-order valence-electron chi connectivity index (χ3n) is 7.68. The first-order valence-electron chi connectivity index (χ1n) is 9.79. The van der Waals surface area contributed by atoms with Crippen molar-refractivity contribution in [1.82, 2.24) is 5.32 Å². The van der Waals surface area contributed by atoms with Gasteiger partial charge < -0.3 is 11.1 Å². The highest BCUT2D eigenvalue weighted by Gasteiger charge is 2.59. The summed E-state index contributed by atoms with van der Waals surface area (Å²) in [5, 5.41) is 4.11. The van der Waals surface area contributed by atoms with Crippen molar-refractivity contribution in [3.05, 3.63) is 34.9 Å². The summed E-state index contributed by atoms with van der Waals surface area (Å²) < 4.78 is 0. The lowest BCUT2D eigenvalue weighted by atomic mass is 9.47. The minimum Gasteiger partial charge on any atom is -0.369 e. The molecule has 3 N–H and O–H groups in total. The van der Waals surface area contributed by atoms with Crippen molar-refractivity contribution in [2.75, 3.05) is 0 Å². The predicted molar refractivity (Wildman–Crippen MR) is 99.5 cm³/mol. The van der Waals surface area contributed by atoms with Crippen molar-refractivity contribution in [3.63, 3.8) is 0 Å². The van der Waals surface area contributed by atoms with Gasteiger partial charge in [-0.25, -0.2) is 0 Å². The van der Waals surface area contributed by atoms with Crippen LogP contribution in [-0.2, 0) is 15.0 Å². The lowest BCUT2D eigenvalue weighted by molar-refractivity contribution is -0.147. The molecule has 4 nitrogen and oxygen atoms in total. The number of amides is 2. The Kier molecular flexibility index (Phi) is 3.50. The number of hydrogen-bond acceptors (Lipinski definition) is 2. The van der Waals surface area contributed by atoms with Gasteiger partial charge in [0.05, 0.1) is 5.41 Å². The van der Waals surface area contributed by atoms with Gasteiger partial charge in [0.15, 0.2) is 0 Å². The molecule has 0 radical (unpaired) electrons. The molecule has 1 aromatic carbocycles. The molecule has 0 aromatic heterocycles. The first-order chi connectivity index (χ1) is 12.4. The number of nitrogens with two attached hydrogens (primary N) is 1. The Hall–Kier alpha value is -1.55. The summed E-state index contributed by atoms with van der Waals surface area (Å²) in [5.41, 5.74) is 6.16. The van der Waals surface area contributed by atoms with Crippen molar-refractivity contribution in [3.8, 4) is 0 Å². The average Bonchev–Trinajstić information content (AvgIpc) is 3.40. The molecule has 0 heterocycles. The van der Waals surface area contributed by atoms with Gasteiger partial charge in [0, 0.05) is 16.5 Å². The molecule has 6 rings (SSSR count). The molecule has 26 heavy (non-hydrogen) atoms. The summed E-state index contributed by atoms with van der Waals surface area (Å²) in [4.78, 5) is 25.3. The molecule has 2 amide bonds. The number of carbonyl (C=O) groups excluding carboxylic acids is 2. The molecule has 0 saturated heterocycles. The number of halogens is 1. The van der Waals surface area contributed by atoms with Crippen LogP contribution in [-0.4, -0.2) is 17.9 Å². The maximum absolute atomic E-state index is 13.2. The number of benzene rings is 1. The van der Waals surface area contributed by atoms with Crippen LogP contribution in [0.5, 0.6) is 0 Å². The van der Waals surface area contributed by atoms with E-state index < -0.39 is 0 Å². The van der Waals surface area contributed by atoms with Gasteiger partial charge in [-0.15, -0.1) is 0 Å². The number of hydrogen-bond donors (Lipinski definition) is 2. The number of carbonyl (C=O) groups is 2. The largest absolute Gasteiger partial charge is 0.369 e. The molecule has 0 spiro atoms. The van der Waals surface area contributed by atoms with Crippen LogP contribution in [0.3, 0.4) is 0 Å².